The number of anilines is 1. The second kappa shape index (κ2) is 7.40. The van der Waals surface area contributed by atoms with Gasteiger partial charge in [0.15, 0.2) is 0 Å². The van der Waals surface area contributed by atoms with Crippen LogP contribution in [0.1, 0.15) is 36.8 Å². The molecule has 0 amide bonds. The molecule has 1 aliphatic carbocycles. The molecule has 0 spiro atoms. The molecule has 0 bridgehead atoms. The Labute approximate surface area is 145 Å². The number of rotatable bonds is 5. The Morgan fingerprint density at radius 3 is 2.25 bits per heavy atom. The molecule has 1 fully saturated rings. The van der Waals surface area contributed by atoms with E-state index >= 15 is 0 Å². The van der Waals surface area contributed by atoms with Crippen molar-refractivity contribution in [1.82, 2.24) is 5.32 Å². The van der Waals surface area contributed by atoms with Gasteiger partial charge in [-0.15, -0.1) is 0 Å². The van der Waals surface area contributed by atoms with Crippen molar-refractivity contribution in [1.29, 1.82) is 0 Å². The standard InChI is InChI=1S/C22H28N2/c1-2-11-21(12-3-1)24(15-13-20-10-6-7-14-23-20)22-16-18-8-4-5-9-19(18)17-22/h1-5,8-9,11-12,20,22-23H,6-7,10,13-17H2/t20-/m1/s1. The summed E-state index contributed by atoms with van der Waals surface area (Å²) in [6.07, 6.45) is 7.69. The molecule has 0 unspecified atom stereocenters. The summed E-state index contributed by atoms with van der Waals surface area (Å²) in [6, 6.07) is 21.3. The largest absolute Gasteiger partial charge is 0.368 e. The average molecular weight is 320 g/mol. The molecule has 4 rings (SSSR count). The van der Waals surface area contributed by atoms with Gasteiger partial charge >= 0.3 is 0 Å². The van der Waals surface area contributed by atoms with Crippen molar-refractivity contribution in [2.75, 3.05) is 18.0 Å². The van der Waals surface area contributed by atoms with Crippen LogP contribution in [0.2, 0.25) is 0 Å². The van der Waals surface area contributed by atoms with Crippen LogP contribution in [0, 0.1) is 0 Å². The first-order valence-electron chi connectivity index (χ1n) is 9.52. The molecule has 0 saturated carbocycles. The second-order valence-corrected chi connectivity index (χ2v) is 7.30. The monoisotopic (exact) mass is 320 g/mol. The third kappa shape index (κ3) is 3.49. The van der Waals surface area contributed by atoms with Crippen LogP contribution in [0.5, 0.6) is 0 Å². The van der Waals surface area contributed by atoms with Crippen molar-refractivity contribution in [3.63, 3.8) is 0 Å². The predicted molar refractivity (Wildman–Crippen MR) is 102 cm³/mol. The molecule has 1 heterocycles. The van der Waals surface area contributed by atoms with Gasteiger partial charge in [0, 0.05) is 24.3 Å². The Kier molecular flexibility index (Phi) is 4.84. The first-order chi connectivity index (χ1) is 11.9. The predicted octanol–water partition coefficient (Wildman–Crippen LogP) is 4.19. The number of nitrogens with zero attached hydrogens (tertiary/aromatic N) is 1. The summed E-state index contributed by atoms with van der Waals surface area (Å²) in [7, 11) is 0. The molecule has 2 aromatic rings. The summed E-state index contributed by atoms with van der Waals surface area (Å²) in [5.41, 5.74) is 4.46. The zero-order chi connectivity index (χ0) is 16.2. The first-order valence-corrected chi connectivity index (χ1v) is 9.52. The van der Waals surface area contributed by atoms with E-state index in [1.54, 1.807) is 11.1 Å². The molecule has 1 atom stereocenters. The van der Waals surface area contributed by atoms with Crippen molar-refractivity contribution >= 4 is 5.69 Å². The molecule has 24 heavy (non-hydrogen) atoms. The quantitative estimate of drug-likeness (QED) is 0.888. The van der Waals surface area contributed by atoms with Crippen LogP contribution in [0.4, 0.5) is 5.69 Å². The molecule has 2 nitrogen and oxygen atoms in total. The number of nitrogens with one attached hydrogen (secondary N) is 1. The Bertz CT molecular complexity index is 621. The lowest BCUT2D eigenvalue weighted by Gasteiger charge is -2.33. The summed E-state index contributed by atoms with van der Waals surface area (Å²) < 4.78 is 0. The van der Waals surface area contributed by atoms with Gasteiger partial charge < -0.3 is 10.2 Å². The lowest BCUT2D eigenvalue weighted by Crippen LogP contribution is -2.41. The molecular weight excluding hydrogens is 292 g/mol. The van der Waals surface area contributed by atoms with Crippen LogP contribution in [-0.2, 0) is 12.8 Å². The molecule has 1 aliphatic heterocycles. The molecule has 1 saturated heterocycles. The van der Waals surface area contributed by atoms with E-state index < -0.39 is 0 Å². The number of fused-ring (bicyclic) bond motifs is 1. The van der Waals surface area contributed by atoms with Crippen LogP contribution >= 0.6 is 0 Å². The maximum atomic E-state index is 3.71. The fourth-order valence-electron chi connectivity index (χ4n) is 4.36. The highest BCUT2D eigenvalue weighted by Gasteiger charge is 2.27. The number of hydrogen-bond acceptors (Lipinski definition) is 2. The van der Waals surface area contributed by atoms with Gasteiger partial charge in [0.1, 0.15) is 0 Å². The number of hydrogen-bond donors (Lipinski definition) is 1. The number of piperidine rings is 1. The van der Waals surface area contributed by atoms with Gasteiger partial charge in [-0.25, -0.2) is 0 Å². The summed E-state index contributed by atoms with van der Waals surface area (Å²) in [4.78, 5) is 2.66. The molecule has 2 aromatic carbocycles. The van der Waals surface area contributed by atoms with Crippen molar-refractivity contribution in [2.24, 2.45) is 0 Å². The Morgan fingerprint density at radius 1 is 0.875 bits per heavy atom. The van der Waals surface area contributed by atoms with Gasteiger partial charge in [0.2, 0.25) is 0 Å². The van der Waals surface area contributed by atoms with E-state index in [1.165, 1.54) is 50.8 Å². The van der Waals surface area contributed by atoms with E-state index in [9.17, 15) is 0 Å². The highest BCUT2D eigenvalue weighted by atomic mass is 15.2. The minimum atomic E-state index is 0.605. The third-order valence-corrected chi connectivity index (χ3v) is 5.69. The minimum Gasteiger partial charge on any atom is -0.368 e. The summed E-state index contributed by atoms with van der Waals surface area (Å²) in [5, 5.41) is 3.71. The topological polar surface area (TPSA) is 15.3 Å². The fraction of sp³-hybridized carbons (Fsp3) is 0.455. The lowest BCUT2D eigenvalue weighted by molar-refractivity contribution is 0.379. The van der Waals surface area contributed by atoms with Gasteiger partial charge in [-0.3, -0.25) is 0 Å². The van der Waals surface area contributed by atoms with E-state index in [2.05, 4.69) is 64.8 Å². The van der Waals surface area contributed by atoms with Gasteiger partial charge in [-0.2, -0.15) is 0 Å². The molecular formula is C22H28N2. The first kappa shape index (κ1) is 15.7. The van der Waals surface area contributed by atoms with E-state index in [0.717, 1.165) is 6.54 Å². The molecule has 126 valence electrons. The van der Waals surface area contributed by atoms with E-state index in [1.807, 2.05) is 0 Å². The van der Waals surface area contributed by atoms with Gasteiger partial charge in [-0.05, 0) is 61.9 Å². The zero-order valence-corrected chi connectivity index (χ0v) is 14.5. The normalized spacial score (nSPS) is 20.8. The highest BCUT2D eigenvalue weighted by molar-refractivity contribution is 5.49. The van der Waals surface area contributed by atoms with Crippen molar-refractivity contribution in [3.8, 4) is 0 Å². The Morgan fingerprint density at radius 2 is 1.58 bits per heavy atom. The summed E-state index contributed by atoms with van der Waals surface area (Å²) >= 11 is 0. The minimum absolute atomic E-state index is 0.605. The number of benzene rings is 2. The Balaban J connectivity index is 1.49. The van der Waals surface area contributed by atoms with Crippen LogP contribution in [0.25, 0.3) is 0 Å². The molecule has 0 aromatic heterocycles. The maximum absolute atomic E-state index is 3.71. The van der Waals surface area contributed by atoms with Gasteiger partial charge in [-0.1, -0.05) is 48.9 Å². The van der Waals surface area contributed by atoms with Crippen molar-refractivity contribution < 1.29 is 0 Å². The highest BCUT2D eigenvalue weighted by Crippen LogP contribution is 2.29. The fourth-order valence-corrected chi connectivity index (χ4v) is 4.36. The lowest BCUT2D eigenvalue weighted by atomic mass is 10.0. The van der Waals surface area contributed by atoms with Crippen LogP contribution < -0.4 is 10.2 Å². The molecule has 1 N–H and O–H groups in total. The van der Waals surface area contributed by atoms with Gasteiger partial charge in [0.25, 0.3) is 0 Å². The van der Waals surface area contributed by atoms with E-state index in [0.29, 0.717) is 12.1 Å². The average Bonchev–Trinajstić information content (AvgIpc) is 3.07. The second-order valence-electron chi connectivity index (χ2n) is 7.30. The van der Waals surface area contributed by atoms with Crippen LogP contribution in [0.15, 0.2) is 54.6 Å². The summed E-state index contributed by atoms with van der Waals surface area (Å²) in [5.74, 6) is 0. The summed E-state index contributed by atoms with van der Waals surface area (Å²) in [6.45, 7) is 2.35. The maximum Gasteiger partial charge on any atom is 0.0370 e. The van der Waals surface area contributed by atoms with Crippen molar-refractivity contribution in [3.05, 3.63) is 65.7 Å². The van der Waals surface area contributed by atoms with Crippen molar-refractivity contribution in [2.45, 2.75) is 50.6 Å². The van der Waals surface area contributed by atoms with E-state index in [-0.39, 0.29) is 0 Å². The molecule has 2 aliphatic rings. The van der Waals surface area contributed by atoms with Crippen LogP contribution in [-0.4, -0.2) is 25.2 Å². The number of para-hydroxylation sites is 1. The molecule has 0 radical (unpaired) electrons. The third-order valence-electron chi connectivity index (χ3n) is 5.69. The van der Waals surface area contributed by atoms with Gasteiger partial charge in [0.05, 0.1) is 0 Å². The van der Waals surface area contributed by atoms with Crippen LogP contribution in [0.3, 0.4) is 0 Å². The zero-order valence-electron chi connectivity index (χ0n) is 14.5. The smallest absolute Gasteiger partial charge is 0.0370 e. The Hall–Kier alpha value is -1.80. The molecule has 2 heteroatoms. The van der Waals surface area contributed by atoms with E-state index in [4.69, 9.17) is 0 Å². The SMILES string of the molecule is c1ccc(N(CC[C@H]2CCCCN2)C2Cc3ccccc3C2)cc1.